The van der Waals surface area contributed by atoms with E-state index in [1.807, 2.05) is 48.7 Å². The van der Waals surface area contributed by atoms with Gasteiger partial charge in [0.15, 0.2) is 17.5 Å². The molecule has 1 aromatic heterocycles. The number of aromatic nitrogens is 3. The molecule has 0 saturated heterocycles. The third-order valence-electron chi connectivity index (χ3n) is 10.7. The van der Waals surface area contributed by atoms with Crippen LogP contribution in [0, 0.1) is 0 Å². The number of aliphatic imine (C=N–C) groups is 1. The second-order valence-electron chi connectivity index (χ2n) is 14.2. The van der Waals surface area contributed by atoms with Crippen LogP contribution in [0.4, 0.5) is 5.69 Å². The fraction of sp³-hybridized carbons (Fsp3) is 0.0189. The minimum atomic E-state index is 0.625. The summed E-state index contributed by atoms with van der Waals surface area (Å²) >= 11 is 0. The van der Waals surface area contributed by atoms with Gasteiger partial charge in [-0.3, -0.25) is 4.99 Å². The number of fused-ring (bicyclic) bond motifs is 6. The predicted molar refractivity (Wildman–Crippen MR) is 234 cm³/mol. The molecule has 4 nitrogen and oxygen atoms in total. The van der Waals surface area contributed by atoms with Gasteiger partial charge in [-0.1, -0.05) is 188 Å². The van der Waals surface area contributed by atoms with Crippen LogP contribution in [0.2, 0.25) is 0 Å². The summed E-state index contributed by atoms with van der Waals surface area (Å²) in [6, 6.07) is 70.0. The van der Waals surface area contributed by atoms with Gasteiger partial charge in [0, 0.05) is 34.0 Å². The second-order valence-corrected chi connectivity index (χ2v) is 14.2. The molecule has 1 aliphatic heterocycles. The van der Waals surface area contributed by atoms with Crippen LogP contribution in [-0.2, 0) is 6.42 Å². The molecule has 0 amide bonds. The highest BCUT2D eigenvalue weighted by atomic mass is 15.0. The highest BCUT2D eigenvalue weighted by Gasteiger charge is 2.18. The van der Waals surface area contributed by atoms with Crippen LogP contribution in [-0.4, -0.2) is 21.2 Å². The zero-order valence-corrected chi connectivity index (χ0v) is 31.1. The first-order valence-corrected chi connectivity index (χ1v) is 19.3. The van der Waals surface area contributed by atoms with Gasteiger partial charge < -0.3 is 0 Å². The number of nitrogens with zero attached hydrogens (tertiary/aromatic N) is 4. The van der Waals surface area contributed by atoms with E-state index in [-0.39, 0.29) is 0 Å². The molecule has 0 N–H and O–H groups in total. The SMILES string of the molecule is C1=Nc2ccccc2-c2ccccc2Cc2ccccc2-c2cc(-c3ccc(-c4nc(-c5ccccc5)nc(-c5ccccc5-c5ccccc5)n4)cc3)ccc21. The lowest BCUT2D eigenvalue weighted by Crippen LogP contribution is -2.01. The van der Waals surface area contributed by atoms with Crippen molar-refractivity contribution in [1.82, 2.24) is 15.0 Å². The molecule has 0 bridgehead atoms. The molecule has 10 rings (SSSR count). The maximum absolute atomic E-state index is 5.11. The first-order chi connectivity index (χ1) is 28.2. The Balaban J connectivity index is 1.06. The maximum Gasteiger partial charge on any atom is 0.164 e. The largest absolute Gasteiger partial charge is 0.256 e. The normalized spacial score (nSPS) is 11.7. The summed E-state index contributed by atoms with van der Waals surface area (Å²) < 4.78 is 0. The van der Waals surface area contributed by atoms with Crippen molar-refractivity contribution in [2.24, 2.45) is 4.99 Å². The number of para-hydroxylation sites is 1. The molecule has 0 spiro atoms. The molecule has 0 radical (unpaired) electrons. The minimum Gasteiger partial charge on any atom is -0.256 e. The van der Waals surface area contributed by atoms with Crippen LogP contribution < -0.4 is 0 Å². The third kappa shape index (κ3) is 6.75. The summed E-state index contributed by atoms with van der Waals surface area (Å²) in [6.07, 6.45) is 2.83. The van der Waals surface area contributed by atoms with Gasteiger partial charge >= 0.3 is 0 Å². The van der Waals surface area contributed by atoms with Crippen LogP contribution in [0.3, 0.4) is 0 Å². The molecule has 268 valence electrons. The van der Waals surface area contributed by atoms with Gasteiger partial charge in [0.05, 0.1) is 5.69 Å². The summed E-state index contributed by atoms with van der Waals surface area (Å²) in [5, 5.41) is 0. The standard InChI is InChI=1S/C53H36N4/c1-3-15-37(16-4-1)44-21-11-12-25-48(44)53-56-51(38-17-5-2-6-18-38)55-52(57-53)39-29-27-36(28-30-39)40-31-32-43-35-54-50-26-14-13-24-47(50)45-22-9-7-19-41(45)33-42-20-8-10-23-46(42)49(43)34-40/h1-32,34-35H,33H2. The van der Waals surface area contributed by atoms with Gasteiger partial charge in [0.1, 0.15) is 0 Å². The van der Waals surface area contributed by atoms with Gasteiger partial charge in [-0.2, -0.15) is 0 Å². The minimum absolute atomic E-state index is 0.625. The van der Waals surface area contributed by atoms with Crippen molar-refractivity contribution in [3.8, 4) is 78.7 Å². The van der Waals surface area contributed by atoms with E-state index in [4.69, 9.17) is 19.9 Å². The van der Waals surface area contributed by atoms with Crippen molar-refractivity contribution in [3.05, 3.63) is 217 Å². The van der Waals surface area contributed by atoms with Crippen LogP contribution >= 0.6 is 0 Å². The highest BCUT2D eigenvalue weighted by Crippen LogP contribution is 2.39. The fourth-order valence-corrected chi connectivity index (χ4v) is 7.82. The molecule has 0 aliphatic carbocycles. The molecular weight excluding hydrogens is 693 g/mol. The zero-order valence-electron chi connectivity index (χ0n) is 31.1. The van der Waals surface area contributed by atoms with Gasteiger partial charge in [-0.15, -0.1) is 0 Å². The zero-order chi connectivity index (χ0) is 38.0. The monoisotopic (exact) mass is 728 g/mol. The van der Waals surface area contributed by atoms with E-state index in [9.17, 15) is 0 Å². The first kappa shape index (κ1) is 34.0. The highest BCUT2D eigenvalue weighted by molar-refractivity contribution is 5.96. The van der Waals surface area contributed by atoms with E-state index >= 15 is 0 Å². The number of benzene rings is 8. The van der Waals surface area contributed by atoms with Crippen molar-refractivity contribution >= 4 is 11.9 Å². The summed E-state index contributed by atoms with van der Waals surface area (Å²) in [7, 11) is 0. The Bertz CT molecular complexity index is 2920. The van der Waals surface area contributed by atoms with Gasteiger partial charge in [0.2, 0.25) is 0 Å². The van der Waals surface area contributed by atoms with Crippen molar-refractivity contribution < 1.29 is 0 Å². The Morgan fingerprint density at radius 3 is 1.46 bits per heavy atom. The lowest BCUT2D eigenvalue weighted by atomic mass is 9.88. The van der Waals surface area contributed by atoms with Gasteiger partial charge in [0.25, 0.3) is 0 Å². The van der Waals surface area contributed by atoms with Crippen LogP contribution in [0.15, 0.2) is 205 Å². The van der Waals surface area contributed by atoms with Crippen LogP contribution in [0.1, 0.15) is 16.7 Å². The van der Waals surface area contributed by atoms with Gasteiger partial charge in [-0.25, -0.2) is 15.0 Å². The Morgan fingerprint density at radius 1 is 0.298 bits per heavy atom. The second kappa shape index (κ2) is 14.9. The first-order valence-electron chi connectivity index (χ1n) is 19.3. The molecule has 9 aromatic rings. The van der Waals surface area contributed by atoms with Crippen molar-refractivity contribution in [3.63, 3.8) is 0 Å². The molecule has 1 aliphatic rings. The van der Waals surface area contributed by atoms with E-state index < -0.39 is 0 Å². The van der Waals surface area contributed by atoms with E-state index in [0.717, 1.165) is 67.7 Å². The molecule has 4 heteroatoms. The Kier molecular flexibility index (Phi) is 8.90. The molecular formula is C53H36N4. The van der Waals surface area contributed by atoms with Crippen molar-refractivity contribution in [2.75, 3.05) is 0 Å². The lowest BCUT2D eigenvalue weighted by molar-refractivity contribution is 1.07. The summed E-state index contributed by atoms with van der Waals surface area (Å²) in [4.78, 5) is 20.3. The molecule has 57 heavy (non-hydrogen) atoms. The number of hydrogen-bond donors (Lipinski definition) is 0. The molecule has 8 aromatic carbocycles. The summed E-state index contributed by atoms with van der Waals surface area (Å²) in [6.45, 7) is 0. The molecule has 0 saturated carbocycles. The third-order valence-corrected chi connectivity index (χ3v) is 10.7. The van der Waals surface area contributed by atoms with E-state index in [1.165, 1.54) is 22.3 Å². The van der Waals surface area contributed by atoms with Crippen LogP contribution in [0.5, 0.6) is 0 Å². The molecule has 2 heterocycles. The number of hydrogen-bond acceptors (Lipinski definition) is 4. The maximum atomic E-state index is 5.11. The van der Waals surface area contributed by atoms with Crippen LogP contribution in [0.25, 0.3) is 78.7 Å². The Hall–Kier alpha value is -7.56. The smallest absolute Gasteiger partial charge is 0.164 e. The molecule has 0 fully saturated rings. The predicted octanol–water partition coefficient (Wildman–Crippen LogP) is 13.2. The van der Waals surface area contributed by atoms with E-state index in [0.29, 0.717) is 17.5 Å². The molecule has 0 unspecified atom stereocenters. The summed E-state index contributed by atoms with van der Waals surface area (Å²) in [5.74, 6) is 1.90. The quantitative estimate of drug-likeness (QED) is 0.177. The molecule has 0 atom stereocenters. The van der Waals surface area contributed by atoms with Crippen molar-refractivity contribution in [1.29, 1.82) is 0 Å². The lowest BCUT2D eigenvalue weighted by Gasteiger charge is -2.15. The summed E-state index contributed by atoms with van der Waals surface area (Å²) in [5.41, 5.74) is 16.5. The average molecular weight is 729 g/mol. The fourth-order valence-electron chi connectivity index (χ4n) is 7.82. The van der Waals surface area contributed by atoms with Gasteiger partial charge in [-0.05, 0) is 68.6 Å². The topological polar surface area (TPSA) is 51.0 Å². The Morgan fingerprint density at radius 2 is 0.772 bits per heavy atom. The Labute approximate surface area is 332 Å². The van der Waals surface area contributed by atoms with Crippen molar-refractivity contribution in [2.45, 2.75) is 6.42 Å². The van der Waals surface area contributed by atoms with E-state index in [1.54, 1.807) is 0 Å². The van der Waals surface area contributed by atoms with E-state index in [2.05, 4.69) is 158 Å². The number of rotatable bonds is 5. The average Bonchev–Trinajstić information content (AvgIpc) is 3.31.